The first-order valence-electron chi connectivity index (χ1n) is 9.04. The molecule has 2 aliphatic rings. The summed E-state index contributed by atoms with van der Waals surface area (Å²) in [5.41, 5.74) is 2.99. The van der Waals surface area contributed by atoms with Gasteiger partial charge in [0.15, 0.2) is 0 Å². The third kappa shape index (κ3) is 2.72. The number of nitrogens with one attached hydrogen (secondary N) is 1. The predicted octanol–water partition coefficient (Wildman–Crippen LogP) is 3.16. The lowest BCUT2D eigenvalue weighted by atomic mass is 9.81. The Bertz CT molecular complexity index is 927. The number of nitrogens with zero attached hydrogens (tertiary/aromatic N) is 2. The Morgan fingerprint density at radius 1 is 1.22 bits per heavy atom. The molecule has 2 aromatic carbocycles. The average Bonchev–Trinajstić information content (AvgIpc) is 3.20. The van der Waals surface area contributed by atoms with E-state index in [0.29, 0.717) is 19.5 Å². The van der Waals surface area contributed by atoms with E-state index in [2.05, 4.69) is 5.32 Å². The third-order valence-electron chi connectivity index (χ3n) is 5.62. The standard InChI is InChI=1S/C21H23N3O3/c1-14-5-4-6-15(11-14)22-20(26)24-10-9-21(13-24)17-12-16(27-3)7-8-18(17)23(2)19(21)25/h4-8,11-12H,9-10,13H2,1-3H3,(H,22,26)/t21-/m0/s1. The van der Waals surface area contributed by atoms with E-state index < -0.39 is 5.41 Å². The van der Waals surface area contributed by atoms with Crippen LogP contribution < -0.4 is 15.0 Å². The van der Waals surface area contributed by atoms with Gasteiger partial charge in [0.1, 0.15) is 5.75 Å². The first-order chi connectivity index (χ1) is 12.9. The number of rotatable bonds is 2. The van der Waals surface area contributed by atoms with Crippen LogP contribution in [0.25, 0.3) is 0 Å². The molecule has 140 valence electrons. The fourth-order valence-electron chi connectivity index (χ4n) is 4.17. The molecule has 0 aromatic heterocycles. The molecule has 1 spiro atoms. The van der Waals surface area contributed by atoms with E-state index in [-0.39, 0.29) is 11.9 Å². The highest BCUT2D eigenvalue weighted by Gasteiger charge is 2.54. The molecule has 6 heteroatoms. The number of anilines is 2. The topological polar surface area (TPSA) is 61.9 Å². The summed E-state index contributed by atoms with van der Waals surface area (Å²) in [6, 6.07) is 13.2. The van der Waals surface area contributed by atoms with Crippen LogP contribution in [-0.4, -0.2) is 44.1 Å². The number of carbonyl (C=O) groups excluding carboxylic acids is 2. The summed E-state index contributed by atoms with van der Waals surface area (Å²) in [5, 5.41) is 2.94. The van der Waals surface area contributed by atoms with Crippen LogP contribution in [0.5, 0.6) is 5.75 Å². The van der Waals surface area contributed by atoms with Gasteiger partial charge in [0, 0.05) is 31.5 Å². The molecule has 3 amide bonds. The Morgan fingerprint density at radius 2 is 2.04 bits per heavy atom. The Hall–Kier alpha value is -3.02. The van der Waals surface area contributed by atoms with Gasteiger partial charge in [0.25, 0.3) is 0 Å². The lowest BCUT2D eigenvalue weighted by molar-refractivity contribution is -0.122. The van der Waals surface area contributed by atoms with Crippen molar-refractivity contribution >= 4 is 23.3 Å². The van der Waals surface area contributed by atoms with Crippen LogP contribution in [0.4, 0.5) is 16.2 Å². The smallest absolute Gasteiger partial charge is 0.321 e. The maximum Gasteiger partial charge on any atom is 0.321 e. The van der Waals surface area contributed by atoms with E-state index in [0.717, 1.165) is 28.3 Å². The molecule has 0 bridgehead atoms. The third-order valence-corrected chi connectivity index (χ3v) is 5.62. The summed E-state index contributed by atoms with van der Waals surface area (Å²) in [5.74, 6) is 0.760. The molecule has 0 radical (unpaired) electrons. The molecule has 6 nitrogen and oxygen atoms in total. The first kappa shape index (κ1) is 17.4. The van der Waals surface area contributed by atoms with E-state index in [1.807, 2.05) is 49.4 Å². The second-order valence-corrected chi connectivity index (χ2v) is 7.30. The highest BCUT2D eigenvalue weighted by atomic mass is 16.5. The van der Waals surface area contributed by atoms with Crippen LogP contribution in [0.15, 0.2) is 42.5 Å². The zero-order valence-electron chi connectivity index (χ0n) is 15.8. The second-order valence-electron chi connectivity index (χ2n) is 7.30. The Balaban J connectivity index is 1.60. The van der Waals surface area contributed by atoms with Crippen LogP contribution in [0, 0.1) is 6.92 Å². The Labute approximate surface area is 158 Å². The molecule has 2 aromatic rings. The van der Waals surface area contributed by atoms with Crippen LogP contribution in [-0.2, 0) is 10.2 Å². The second kappa shape index (κ2) is 6.30. The fourth-order valence-corrected chi connectivity index (χ4v) is 4.17. The quantitative estimate of drug-likeness (QED) is 0.889. The molecule has 1 fully saturated rings. The van der Waals surface area contributed by atoms with Crippen LogP contribution in [0.1, 0.15) is 17.5 Å². The molecular weight excluding hydrogens is 342 g/mol. The van der Waals surface area contributed by atoms with Crippen molar-refractivity contribution in [3.05, 3.63) is 53.6 Å². The van der Waals surface area contributed by atoms with Crippen LogP contribution in [0.3, 0.4) is 0 Å². The van der Waals surface area contributed by atoms with Crippen molar-refractivity contribution in [2.75, 3.05) is 37.5 Å². The largest absolute Gasteiger partial charge is 0.497 e. The van der Waals surface area contributed by atoms with Gasteiger partial charge in [-0.2, -0.15) is 0 Å². The molecule has 27 heavy (non-hydrogen) atoms. The van der Waals surface area contributed by atoms with Crippen molar-refractivity contribution in [3.63, 3.8) is 0 Å². The maximum absolute atomic E-state index is 13.1. The number of fused-ring (bicyclic) bond motifs is 2. The number of hydrogen-bond acceptors (Lipinski definition) is 3. The average molecular weight is 365 g/mol. The molecule has 4 rings (SSSR count). The lowest BCUT2D eigenvalue weighted by Crippen LogP contribution is -2.42. The Morgan fingerprint density at radius 3 is 2.78 bits per heavy atom. The zero-order valence-corrected chi connectivity index (χ0v) is 15.8. The normalized spacial score (nSPS) is 20.9. The van der Waals surface area contributed by atoms with Crippen molar-refractivity contribution in [1.29, 1.82) is 0 Å². The van der Waals surface area contributed by atoms with Gasteiger partial charge in [-0.05, 0) is 54.8 Å². The number of amides is 3. The van der Waals surface area contributed by atoms with Gasteiger partial charge >= 0.3 is 6.03 Å². The monoisotopic (exact) mass is 365 g/mol. The number of likely N-dealkylation sites (tertiary alicyclic amines) is 1. The molecule has 2 heterocycles. The number of ether oxygens (including phenoxy) is 1. The SMILES string of the molecule is COc1ccc2c(c1)[C@@]1(CCN(C(=O)Nc3cccc(C)c3)C1)C(=O)N2C. The number of methoxy groups -OCH3 is 1. The van der Waals surface area contributed by atoms with Crippen molar-refractivity contribution in [2.45, 2.75) is 18.8 Å². The van der Waals surface area contributed by atoms with E-state index in [1.165, 1.54) is 0 Å². The summed E-state index contributed by atoms with van der Waals surface area (Å²) in [6.07, 6.45) is 0.609. The minimum Gasteiger partial charge on any atom is -0.497 e. The summed E-state index contributed by atoms with van der Waals surface area (Å²) < 4.78 is 5.35. The minimum absolute atomic E-state index is 0.0385. The van der Waals surface area contributed by atoms with Gasteiger partial charge in [-0.15, -0.1) is 0 Å². The summed E-state index contributed by atoms with van der Waals surface area (Å²) in [4.78, 5) is 29.3. The van der Waals surface area contributed by atoms with Gasteiger partial charge in [0.2, 0.25) is 5.91 Å². The summed E-state index contributed by atoms with van der Waals surface area (Å²) in [7, 11) is 3.41. The van der Waals surface area contributed by atoms with E-state index in [9.17, 15) is 9.59 Å². The van der Waals surface area contributed by atoms with E-state index >= 15 is 0 Å². The summed E-state index contributed by atoms with van der Waals surface area (Å²) in [6.45, 7) is 2.89. The first-order valence-corrected chi connectivity index (χ1v) is 9.04. The number of urea groups is 1. The van der Waals surface area contributed by atoms with Crippen molar-refractivity contribution in [2.24, 2.45) is 0 Å². The van der Waals surface area contributed by atoms with Gasteiger partial charge < -0.3 is 19.9 Å². The number of hydrogen-bond donors (Lipinski definition) is 1. The van der Waals surface area contributed by atoms with E-state index in [1.54, 1.807) is 24.0 Å². The maximum atomic E-state index is 13.1. The van der Waals surface area contributed by atoms with Crippen LogP contribution in [0.2, 0.25) is 0 Å². The Kier molecular flexibility index (Phi) is 4.06. The van der Waals surface area contributed by atoms with Gasteiger partial charge in [0.05, 0.1) is 12.5 Å². The highest BCUT2D eigenvalue weighted by Crippen LogP contribution is 2.48. The molecule has 1 saturated heterocycles. The predicted molar refractivity (Wildman–Crippen MR) is 104 cm³/mol. The van der Waals surface area contributed by atoms with Gasteiger partial charge in [-0.1, -0.05) is 12.1 Å². The molecule has 1 N–H and O–H groups in total. The zero-order chi connectivity index (χ0) is 19.2. The molecule has 0 unspecified atom stereocenters. The molecule has 2 aliphatic heterocycles. The fraction of sp³-hybridized carbons (Fsp3) is 0.333. The van der Waals surface area contributed by atoms with E-state index in [4.69, 9.17) is 4.74 Å². The van der Waals surface area contributed by atoms with Crippen LogP contribution >= 0.6 is 0 Å². The molecule has 0 aliphatic carbocycles. The minimum atomic E-state index is -0.692. The number of aryl methyl sites for hydroxylation is 1. The summed E-state index contributed by atoms with van der Waals surface area (Å²) >= 11 is 0. The number of benzene rings is 2. The van der Waals surface area contributed by atoms with Gasteiger partial charge in [-0.3, -0.25) is 4.79 Å². The number of carbonyl (C=O) groups is 2. The number of likely N-dealkylation sites (N-methyl/N-ethyl adjacent to an activating group) is 1. The lowest BCUT2D eigenvalue weighted by Gasteiger charge is -2.24. The molecular formula is C21H23N3O3. The van der Waals surface area contributed by atoms with Gasteiger partial charge in [-0.25, -0.2) is 4.79 Å². The van der Waals surface area contributed by atoms with Crippen molar-refractivity contribution < 1.29 is 14.3 Å². The van der Waals surface area contributed by atoms with Crippen molar-refractivity contribution in [3.8, 4) is 5.75 Å². The van der Waals surface area contributed by atoms with Crippen molar-refractivity contribution in [1.82, 2.24) is 4.90 Å². The molecule has 0 saturated carbocycles. The molecule has 1 atom stereocenters. The highest BCUT2D eigenvalue weighted by molar-refractivity contribution is 6.09.